The number of aliphatic hydroxyl groups excluding tert-OH is 2. The van der Waals surface area contributed by atoms with Crippen molar-refractivity contribution in [3.63, 3.8) is 0 Å². The van der Waals surface area contributed by atoms with Gasteiger partial charge in [-0.3, -0.25) is 4.79 Å². The summed E-state index contributed by atoms with van der Waals surface area (Å²) >= 11 is 0. The van der Waals surface area contributed by atoms with E-state index in [9.17, 15) is 9.90 Å². The molecule has 0 radical (unpaired) electrons. The van der Waals surface area contributed by atoms with Crippen LogP contribution >= 0.6 is 0 Å². The second-order valence-corrected chi connectivity index (χ2v) is 4.67. The fraction of sp³-hybridized carbons (Fsp3) is 0.462. The molecule has 1 fully saturated rings. The molecule has 4 heteroatoms. The summed E-state index contributed by atoms with van der Waals surface area (Å²) in [6.45, 7) is -0.324. The van der Waals surface area contributed by atoms with Crippen LogP contribution in [0.3, 0.4) is 0 Å². The smallest absolute Gasteiger partial charge is 0.304 e. The van der Waals surface area contributed by atoms with E-state index in [2.05, 4.69) is 0 Å². The van der Waals surface area contributed by atoms with Crippen LogP contribution < -0.4 is 0 Å². The molecule has 0 bridgehead atoms. The zero-order chi connectivity index (χ0) is 12.5. The molecule has 0 aliphatic heterocycles. The zero-order valence-electron chi connectivity index (χ0n) is 9.47. The van der Waals surface area contributed by atoms with Gasteiger partial charge in [-0.25, -0.2) is 0 Å². The standard InChI is InChI=1S/C13H16O4/c14-8-11(15)9-2-1-3-10(6-9)13(4-5-13)7-12(16)17/h1-3,6,11,14-15H,4-5,7-8H2,(H,16,17). The maximum Gasteiger partial charge on any atom is 0.304 e. The minimum atomic E-state index is -0.893. The molecule has 0 spiro atoms. The summed E-state index contributed by atoms with van der Waals surface area (Å²) < 4.78 is 0. The minimum absolute atomic E-state index is 0.131. The number of hydrogen-bond acceptors (Lipinski definition) is 3. The zero-order valence-corrected chi connectivity index (χ0v) is 9.47. The third-order valence-corrected chi connectivity index (χ3v) is 3.40. The number of carboxylic acid groups (broad SMARTS) is 1. The van der Waals surface area contributed by atoms with Crippen molar-refractivity contribution in [3.05, 3.63) is 35.4 Å². The first-order valence-corrected chi connectivity index (χ1v) is 5.68. The molecule has 3 N–H and O–H groups in total. The Morgan fingerprint density at radius 2 is 2.12 bits per heavy atom. The number of aliphatic hydroxyl groups is 2. The average Bonchev–Trinajstić information content (AvgIpc) is 3.08. The largest absolute Gasteiger partial charge is 0.481 e. The van der Waals surface area contributed by atoms with E-state index < -0.39 is 12.1 Å². The second-order valence-electron chi connectivity index (χ2n) is 4.67. The van der Waals surface area contributed by atoms with Gasteiger partial charge in [0.15, 0.2) is 0 Å². The summed E-state index contributed by atoms with van der Waals surface area (Å²) in [4.78, 5) is 10.8. The third-order valence-electron chi connectivity index (χ3n) is 3.40. The van der Waals surface area contributed by atoms with Crippen molar-refractivity contribution in [1.29, 1.82) is 0 Å². The molecular formula is C13H16O4. The summed E-state index contributed by atoms with van der Waals surface area (Å²) in [5, 5.41) is 27.3. The van der Waals surface area contributed by atoms with Gasteiger partial charge in [-0.05, 0) is 24.0 Å². The Hall–Kier alpha value is -1.39. The molecule has 1 aliphatic rings. The Morgan fingerprint density at radius 1 is 1.41 bits per heavy atom. The summed E-state index contributed by atoms with van der Waals surface area (Å²) in [5.41, 5.74) is 1.34. The first-order chi connectivity index (χ1) is 8.07. The molecule has 1 unspecified atom stereocenters. The molecular weight excluding hydrogens is 220 g/mol. The maximum atomic E-state index is 10.8. The van der Waals surface area contributed by atoms with Crippen LogP contribution in [0.1, 0.15) is 36.5 Å². The molecule has 92 valence electrons. The predicted octanol–water partition coefficient (Wildman–Crippen LogP) is 1.22. The van der Waals surface area contributed by atoms with Crippen molar-refractivity contribution in [2.75, 3.05) is 6.61 Å². The first kappa shape index (κ1) is 12.1. The molecule has 0 aromatic heterocycles. The monoisotopic (exact) mass is 236 g/mol. The van der Waals surface area contributed by atoms with Gasteiger partial charge in [0.05, 0.1) is 13.0 Å². The van der Waals surface area contributed by atoms with E-state index in [0.29, 0.717) is 5.56 Å². The van der Waals surface area contributed by atoms with Gasteiger partial charge in [0.1, 0.15) is 6.10 Å². The third kappa shape index (κ3) is 2.48. The van der Waals surface area contributed by atoms with Crippen LogP contribution in [0.4, 0.5) is 0 Å². The molecule has 4 nitrogen and oxygen atoms in total. The van der Waals surface area contributed by atoms with Crippen molar-refractivity contribution >= 4 is 5.97 Å². The van der Waals surface area contributed by atoms with E-state index >= 15 is 0 Å². The maximum absolute atomic E-state index is 10.8. The van der Waals surface area contributed by atoms with Gasteiger partial charge in [-0.2, -0.15) is 0 Å². The van der Waals surface area contributed by atoms with Crippen LogP contribution in [0.15, 0.2) is 24.3 Å². The Balaban J connectivity index is 2.24. The fourth-order valence-electron chi connectivity index (χ4n) is 2.19. The second kappa shape index (κ2) is 4.47. The van der Waals surface area contributed by atoms with Crippen LogP contribution in [0.25, 0.3) is 0 Å². The normalized spacial score (nSPS) is 18.7. The number of rotatable bonds is 5. The molecule has 1 aromatic rings. The Kier molecular flexibility index (Phi) is 3.17. The summed E-state index contributed by atoms with van der Waals surface area (Å²) in [6, 6.07) is 7.23. The van der Waals surface area contributed by atoms with Gasteiger partial charge in [0, 0.05) is 5.41 Å². The fourth-order valence-corrected chi connectivity index (χ4v) is 2.19. The van der Waals surface area contributed by atoms with Crippen LogP contribution in [0, 0.1) is 0 Å². The highest BCUT2D eigenvalue weighted by Gasteiger charge is 2.46. The van der Waals surface area contributed by atoms with Gasteiger partial charge >= 0.3 is 5.97 Å². The highest BCUT2D eigenvalue weighted by Crippen LogP contribution is 2.51. The summed E-state index contributed by atoms with van der Waals surface area (Å²) in [5.74, 6) is -0.796. The van der Waals surface area contributed by atoms with Crippen LogP contribution in [-0.2, 0) is 10.2 Å². The van der Waals surface area contributed by atoms with E-state index in [0.717, 1.165) is 18.4 Å². The minimum Gasteiger partial charge on any atom is -0.481 e. The molecule has 1 atom stereocenters. The highest BCUT2D eigenvalue weighted by atomic mass is 16.4. The lowest BCUT2D eigenvalue weighted by Crippen LogP contribution is -2.14. The van der Waals surface area contributed by atoms with Gasteiger partial charge in [0.25, 0.3) is 0 Å². The number of carbonyl (C=O) groups is 1. The van der Waals surface area contributed by atoms with Crippen LogP contribution in [0.2, 0.25) is 0 Å². The van der Waals surface area contributed by atoms with Crippen molar-refractivity contribution in [3.8, 4) is 0 Å². The molecule has 2 rings (SSSR count). The lowest BCUT2D eigenvalue weighted by atomic mass is 9.90. The highest BCUT2D eigenvalue weighted by molar-refractivity contribution is 5.70. The SMILES string of the molecule is O=C(O)CC1(c2cccc(C(O)CO)c2)CC1. The first-order valence-electron chi connectivity index (χ1n) is 5.68. The lowest BCUT2D eigenvalue weighted by molar-refractivity contribution is -0.137. The van der Waals surface area contributed by atoms with Crippen LogP contribution in [0.5, 0.6) is 0 Å². The van der Waals surface area contributed by atoms with Crippen molar-refractivity contribution in [2.45, 2.75) is 30.8 Å². The van der Waals surface area contributed by atoms with Gasteiger partial charge < -0.3 is 15.3 Å². The Labute approximate surface area is 99.5 Å². The number of benzene rings is 1. The number of hydrogen-bond donors (Lipinski definition) is 3. The number of carboxylic acids is 1. The van der Waals surface area contributed by atoms with Crippen molar-refractivity contribution < 1.29 is 20.1 Å². The summed E-state index contributed by atoms with van der Waals surface area (Å²) in [6.07, 6.45) is 0.984. The van der Waals surface area contributed by atoms with E-state index in [-0.39, 0.29) is 18.4 Å². The van der Waals surface area contributed by atoms with E-state index in [1.54, 1.807) is 18.2 Å². The average molecular weight is 236 g/mol. The van der Waals surface area contributed by atoms with Crippen molar-refractivity contribution in [2.24, 2.45) is 0 Å². The molecule has 0 saturated heterocycles. The predicted molar refractivity (Wildman–Crippen MR) is 61.7 cm³/mol. The Morgan fingerprint density at radius 3 is 2.65 bits per heavy atom. The molecule has 17 heavy (non-hydrogen) atoms. The van der Waals surface area contributed by atoms with E-state index in [1.165, 1.54) is 0 Å². The van der Waals surface area contributed by atoms with Gasteiger partial charge in [-0.15, -0.1) is 0 Å². The molecule has 0 amide bonds. The van der Waals surface area contributed by atoms with Crippen molar-refractivity contribution in [1.82, 2.24) is 0 Å². The molecule has 1 aromatic carbocycles. The lowest BCUT2D eigenvalue weighted by Gasteiger charge is -2.15. The van der Waals surface area contributed by atoms with Gasteiger partial charge in [0.2, 0.25) is 0 Å². The van der Waals surface area contributed by atoms with Crippen LogP contribution in [-0.4, -0.2) is 27.9 Å². The molecule has 0 heterocycles. The topological polar surface area (TPSA) is 77.8 Å². The van der Waals surface area contributed by atoms with E-state index in [1.807, 2.05) is 6.07 Å². The summed E-state index contributed by atoms with van der Waals surface area (Å²) in [7, 11) is 0. The number of aliphatic carboxylic acids is 1. The quantitative estimate of drug-likeness (QED) is 0.718. The van der Waals surface area contributed by atoms with Gasteiger partial charge in [-0.1, -0.05) is 24.3 Å². The molecule has 1 aliphatic carbocycles. The van der Waals surface area contributed by atoms with E-state index in [4.69, 9.17) is 10.2 Å². The molecule has 1 saturated carbocycles. The Bertz CT molecular complexity index is 423.